The van der Waals surface area contributed by atoms with E-state index in [1.54, 1.807) is 0 Å². The van der Waals surface area contributed by atoms with Crippen LogP contribution in [0, 0.1) is 5.92 Å². The highest BCUT2D eigenvalue weighted by atomic mass is 79.9. The smallest absolute Gasteiger partial charge is 0.0767 e. The largest absolute Gasteiger partial charge is 0.297 e. The Bertz CT molecular complexity index is 373. The van der Waals surface area contributed by atoms with Crippen molar-refractivity contribution in [1.29, 1.82) is 0 Å². The molecule has 0 N–H and O–H groups in total. The molecule has 16 heavy (non-hydrogen) atoms. The Kier molecular flexibility index (Phi) is 3.70. The Balaban J connectivity index is 2.12. The summed E-state index contributed by atoms with van der Waals surface area (Å²) < 4.78 is 3.23. The molecule has 1 unspecified atom stereocenters. The van der Waals surface area contributed by atoms with Crippen molar-refractivity contribution in [3.8, 4) is 0 Å². The zero-order valence-corrected chi connectivity index (χ0v) is 11.9. The summed E-state index contributed by atoms with van der Waals surface area (Å²) in [7, 11) is 2.04. The summed E-state index contributed by atoms with van der Waals surface area (Å²) >= 11 is 3.67. The zero-order valence-electron chi connectivity index (χ0n) is 10.3. The average molecular weight is 286 g/mol. The van der Waals surface area contributed by atoms with E-state index in [1.165, 1.54) is 35.4 Å². The van der Waals surface area contributed by atoms with E-state index in [0.29, 0.717) is 0 Å². The third-order valence-electron chi connectivity index (χ3n) is 3.38. The molecule has 0 bridgehead atoms. The number of rotatable bonds is 3. The van der Waals surface area contributed by atoms with Crippen LogP contribution in [0.5, 0.6) is 0 Å². The van der Waals surface area contributed by atoms with E-state index in [-0.39, 0.29) is 0 Å². The van der Waals surface area contributed by atoms with Crippen LogP contribution >= 0.6 is 15.9 Å². The second kappa shape index (κ2) is 4.88. The number of hydrogen-bond acceptors (Lipinski definition) is 2. The fraction of sp³-hybridized carbons (Fsp3) is 0.750. The van der Waals surface area contributed by atoms with Crippen LogP contribution in [0.2, 0.25) is 0 Å². The highest BCUT2D eigenvalue weighted by Crippen LogP contribution is 2.25. The maximum Gasteiger partial charge on any atom is 0.0767 e. The first-order valence-corrected chi connectivity index (χ1v) is 6.83. The number of likely N-dealkylation sites (tertiary alicyclic amines) is 1. The lowest BCUT2D eigenvalue weighted by Gasteiger charge is -2.15. The predicted molar refractivity (Wildman–Crippen MR) is 69.3 cm³/mol. The van der Waals surface area contributed by atoms with E-state index in [4.69, 9.17) is 0 Å². The van der Waals surface area contributed by atoms with E-state index >= 15 is 0 Å². The van der Waals surface area contributed by atoms with Gasteiger partial charge in [-0.1, -0.05) is 13.8 Å². The van der Waals surface area contributed by atoms with Crippen molar-refractivity contribution in [1.82, 2.24) is 14.7 Å². The monoisotopic (exact) mass is 285 g/mol. The second-order valence-electron chi connectivity index (χ2n) is 4.81. The summed E-state index contributed by atoms with van der Waals surface area (Å²) in [5, 5.41) is 4.53. The highest BCUT2D eigenvalue weighted by molar-refractivity contribution is 9.10. The van der Waals surface area contributed by atoms with Crippen LogP contribution < -0.4 is 0 Å². The maximum absolute atomic E-state index is 4.53. The molecule has 0 aliphatic carbocycles. The van der Waals surface area contributed by atoms with Gasteiger partial charge in [0, 0.05) is 20.1 Å². The fourth-order valence-electron chi connectivity index (χ4n) is 2.37. The maximum atomic E-state index is 4.53. The quantitative estimate of drug-likeness (QED) is 0.851. The van der Waals surface area contributed by atoms with E-state index < -0.39 is 0 Å². The van der Waals surface area contributed by atoms with Crippen molar-refractivity contribution >= 4 is 15.9 Å². The van der Waals surface area contributed by atoms with Gasteiger partial charge in [0.25, 0.3) is 0 Å². The molecule has 0 saturated carbocycles. The molecule has 0 aromatic carbocycles. The van der Waals surface area contributed by atoms with Crippen LogP contribution in [0.15, 0.2) is 4.47 Å². The Morgan fingerprint density at radius 2 is 2.25 bits per heavy atom. The van der Waals surface area contributed by atoms with E-state index in [2.05, 4.69) is 39.8 Å². The van der Waals surface area contributed by atoms with Gasteiger partial charge in [0.1, 0.15) is 0 Å². The first-order valence-electron chi connectivity index (χ1n) is 6.04. The van der Waals surface area contributed by atoms with Gasteiger partial charge in [0.15, 0.2) is 0 Å². The van der Waals surface area contributed by atoms with E-state index in [1.807, 2.05) is 11.7 Å². The molecule has 2 heterocycles. The number of hydrogen-bond donors (Lipinski definition) is 0. The standard InChI is InChI=1S/C12H20BrN3/c1-4-10-12(13)11(15(3)14-10)8-16-6-5-9(2)7-16/h9H,4-8H2,1-3H3. The zero-order chi connectivity index (χ0) is 11.7. The lowest BCUT2D eigenvalue weighted by molar-refractivity contribution is 0.310. The molecule has 0 amide bonds. The van der Waals surface area contributed by atoms with Crippen molar-refractivity contribution in [2.75, 3.05) is 13.1 Å². The van der Waals surface area contributed by atoms with Crippen molar-refractivity contribution in [3.05, 3.63) is 15.9 Å². The molecule has 1 saturated heterocycles. The SMILES string of the molecule is CCc1nn(C)c(CN2CCC(C)C2)c1Br. The van der Waals surface area contributed by atoms with Crippen LogP contribution in [0.1, 0.15) is 31.7 Å². The molecular weight excluding hydrogens is 266 g/mol. The molecule has 90 valence electrons. The van der Waals surface area contributed by atoms with Crippen LogP contribution in [0.3, 0.4) is 0 Å². The summed E-state index contributed by atoms with van der Waals surface area (Å²) in [6.07, 6.45) is 2.32. The minimum absolute atomic E-state index is 0.845. The van der Waals surface area contributed by atoms with Crippen LogP contribution in [0.4, 0.5) is 0 Å². The van der Waals surface area contributed by atoms with Crippen molar-refractivity contribution in [2.45, 2.75) is 33.2 Å². The summed E-state index contributed by atoms with van der Waals surface area (Å²) in [6, 6.07) is 0. The topological polar surface area (TPSA) is 21.1 Å². The summed E-state index contributed by atoms with van der Waals surface area (Å²) in [6.45, 7) is 7.94. The Morgan fingerprint density at radius 3 is 2.75 bits per heavy atom. The lowest BCUT2D eigenvalue weighted by atomic mass is 10.2. The Labute approximate surface area is 106 Å². The summed E-state index contributed by atoms with van der Waals surface area (Å²) in [5.74, 6) is 0.845. The third-order valence-corrected chi connectivity index (χ3v) is 4.30. The van der Waals surface area contributed by atoms with E-state index in [0.717, 1.165) is 18.9 Å². The normalized spacial score (nSPS) is 21.9. The number of halogens is 1. The van der Waals surface area contributed by atoms with Gasteiger partial charge < -0.3 is 0 Å². The molecule has 2 rings (SSSR count). The number of nitrogens with zero attached hydrogens (tertiary/aromatic N) is 3. The molecule has 0 spiro atoms. The lowest BCUT2D eigenvalue weighted by Crippen LogP contribution is -2.21. The molecule has 0 radical (unpaired) electrons. The van der Waals surface area contributed by atoms with Crippen LogP contribution in [0.25, 0.3) is 0 Å². The predicted octanol–water partition coefficient (Wildman–Crippen LogP) is 2.59. The molecule has 1 aliphatic heterocycles. The minimum atomic E-state index is 0.845. The second-order valence-corrected chi connectivity index (χ2v) is 5.61. The molecule has 4 heteroatoms. The van der Waals surface area contributed by atoms with Gasteiger partial charge in [-0.2, -0.15) is 5.10 Å². The molecule has 1 aliphatic rings. The molecule has 1 aromatic heterocycles. The number of aromatic nitrogens is 2. The van der Waals surface area contributed by atoms with Gasteiger partial charge in [0.2, 0.25) is 0 Å². The van der Waals surface area contributed by atoms with Crippen molar-refractivity contribution < 1.29 is 0 Å². The molecule has 1 aromatic rings. The van der Waals surface area contributed by atoms with Gasteiger partial charge in [-0.05, 0) is 41.2 Å². The Morgan fingerprint density at radius 1 is 1.50 bits per heavy atom. The van der Waals surface area contributed by atoms with Crippen LogP contribution in [-0.2, 0) is 20.0 Å². The summed E-state index contributed by atoms with van der Waals surface area (Å²) in [5.41, 5.74) is 2.48. The number of aryl methyl sites for hydroxylation is 2. The summed E-state index contributed by atoms with van der Waals surface area (Å²) in [4.78, 5) is 2.52. The van der Waals surface area contributed by atoms with Gasteiger partial charge >= 0.3 is 0 Å². The Hall–Kier alpha value is -0.350. The third kappa shape index (κ3) is 2.33. The minimum Gasteiger partial charge on any atom is -0.297 e. The van der Waals surface area contributed by atoms with E-state index in [9.17, 15) is 0 Å². The molecule has 3 nitrogen and oxygen atoms in total. The van der Waals surface area contributed by atoms with Crippen LogP contribution in [-0.4, -0.2) is 27.8 Å². The first-order chi connectivity index (χ1) is 7.61. The molecule has 1 atom stereocenters. The van der Waals surface area contributed by atoms with Crippen molar-refractivity contribution in [2.24, 2.45) is 13.0 Å². The average Bonchev–Trinajstić information content (AvgIpc) is 2.77. The van der Waals surface area contributed by atoms with Gasteiger partial charge in [0.05, 0.1) is 15.9 Å². The van der Waals surface area contributed by atoms with Crippen molar-refractivity contribution in [3.63, 3.8) is 0 Å². The first kappa shape index (κ1) is 12.1. The molecular formula is C12H20BrN3. The highest BCUT2D eigenvalue weighted by Gasteiger charge is 2.21. The molecule has 1 fully saturated rings. The fourth-order valence-corrected chi connectivity index (χ4v) is 3.11. The van der Waals surface area contributed by atoms with Gasteiger partial charge in [-0.25, -0.2) is 0 Å². The van der Waals surface area contributed by atoms with Gasteiger partial charge in [-0.15, -0.1) is 0 Å². The van der Waals surface area contributed by atoms with Gasteiger partial charge in [-0.3, -0.25) is 9.58 Å².